The van der Waals surface area contributed by atoms with E-state index in [-0.39, 0.29) is 0 Å². The molecule has 0 nitrogen and oxygen atoms in total. The molecule has 0 N–H and O–H groups in total. The van der Waals surface area contributed by atoms with Crippen molar-refractivity contribution >= 4 is 0 Å². The molecule has 0 heterocycles. The van der Waals surface area contributed by atoms with Gasteiger partial charge in [-0.15, -0.1) is 0 Å². The molecule has 6 atom stereocenters. The first kappa shape index (κ1) is 14.9. The second-order valence-electron chi connectivity index (χ2n) is 9.24. The zero-order chi connectivity index (χ0) is 14.4. The second kappa shape index (κ2) is 5.33. The van der Waals surface area contributed by atoms with E-state index in [0.717, 1.165) is 23.7 Å². The predicted molar refractivity (Wildman–Crippen MR) is 87.7 cm³/mol. The first-order chi connectivity index (χ1) is 9.46. The Kier molecular flexibility index (Phi) is 3.97. The van der Waals surface area contributed by atoms with Crippen molar-refractivity contribution in [3.8, 4) is 0 Å². The summed E-state index contributed by atoms with van der Waals surface area (Å²) in [5.74, 6) is 3.98. The van der Waals surface area contributed by atoms with Crippen LogP contribution in [0.5, 0.6) is 0 Å². The molecular weight excluding hydrogens is 240 g/mol. The van der Waals surface area contributed by atoms with Gasteiger partial charge in [0.1, 0.15) is 0 Å². The van der Waals surface area contributed by atoms with Gasteiger partial charge in [0, 0.05) is 0 Å². The van der Waals surface area contributed by atoms with Crippen molar-refractivity contribution < 1.29 is 0 Å². The summed E-state index contributed by atoms with van der Waals surface area (Å²) in [6.07, 6.45) is 15.1. The van der Waals surface area contributed by atoms with Crippen LogP contribution in [-0.2, 0) is 0 Å². The lowest BCUT2D eigenvalue weighted by molar-refractivity contribution is 0.0646. The van der Waals surface area contributed by atoms with E-state index in [1.807, 2.05) is 0 Å². The van der Waals surface area contributed by atoms with Crippen molar-refractivity contribution in [2.45, 2.75) is 91.9 Å². The molecule has 0 aromatic carbocycles. The highest BCUT2D eigenvalue weighted by Crippen LogP contribution is 2.58. The van der Waals surface area contributed by atoms with Crippen LogP contribution in [0.2, 0.25) is 0 Å². The zero-order valence-electron chi connectivity index (χ0n) is 14.4. The van der Waals surface area contributed by atoms with Crippen LogP contribution < -0.4 is 0 Å². The highest BCUT2D eigenvalue weighted by Gasteiger charge is 2.49. The third-order valence-corrected chi connectivity index (χ3v) is 8.31. The average molecular weight is 277 g/mol. The molecule has 0 amide bonds. The maximum atomic E-state index is 2.65. The van der Waals surface area contributed by atoms with Crippen LogP contribution in [0.3, 0.4) is 0 Å². The maximum Gasteiger partial charge on any atom is -0.0269 e. The molecule has 116 valence electrons. The zero-order valence-corrected chi connectivity index (χ0v) is 14.4. The number of hydrogen-bond acceptors (Lipinski definition) is 0. The Bertz CT molecular complexity index is 346. The number of fused-ring (bicyclic) bond motifs is 2. The summed E-state index contributed by atoms with van der Waals surface area (Å²) in [5.41, 5.74) is 1.33. The molecule has 6 unspecified atom stereocenters. The van der Waals surface area contributed by atoms with Gasteiger partial charge < -0.3 is 0 Å². The van der Waals surface area contributed by atoms with Crippen LogP contribution in [0.15, 0.2) is 0 Å². The van der Waals surface area contributed by atoms with Crippen molar-refractivity contribution in [1.29, 1.82) is 0 Å². The van der Waals surface area contributed by atoms with Crippen molar-refractivity contribution in [1.82, 2.24) is 0 Å². The van der Waals surface area contributed by atoms with E-state index in [9.17, 15) is 0 Å². The fourth-order valence-corrected chi connectivity index (χ4v) is 6.33. The molecule has 0 radical (unpaired) electrons. The van der Waals surface area contributed by atoms with Crippen LogP contribution in [0.4, 0.5) is 0 Å². The molecule has 0 aromatic heterocycles. The molecule has 3 aliphatic rings. The quantitative estimate of drug-likeness (QED) is 0.477. The molecule has 3 fully saturated rings. The molecule has 3 rings (SSSR count). The molecule has 3 aliphatic carbocycles. The van der Waals surface area contributed by atoms with E-state index in [1.165, 1.54) is 64.2 Å². The van der Waals surface area contributed by atoms with Crippen LogP contribution in [0, 0.1) is 34.5 Å². The van der Waals surface area contributed by atoms with Gasteiger partial charge in [0.05, 0.1) is 0 Å². The molecule has 0 saturated heterocycles. The fraction of sp³-hybridized carbons (Fsp3) is 1.00. The third-order valence-electron chi connectivity index (χ3n) is 8.31. The highest BCUT2D eigenvalue weighted by atomic mass is 14.5. The van der Waals surface area contributed by atoms with E-state index in [4.69, 9.17) is 0 Å². The van der Waals surface area contributed by atoms with Gasteiger partial charge in [-0.3, -0.25) is 0 Å². The van der Waals surface area contributed by atoms with E-state index >= 15 is 0 Å². The Labute approximate surface area is 127 Å². The lowest BCUT2D eigenvalue weighted by atomic mass is 9.61. The van der Waals surface area contributed by atoms with Gasteiger partial charge in [0.2, 0.25) is 0 Å². The third kappa shape index (κ3) is 2.35. The Morgan fingerprint density at radius 3 is 2.35 bits per heavy atom. The Balaban J connectivity index is 1.85. The van der Waals surface area contributed by atoms with Crippen molar-refractivity contribution in [3.63, 3.8) is 0 Å². The minimum Gasteiger partial charge on any atom is -0.0622 e. The first-order valence-electron chi connectivity index (χ1n) is 9.46. The van der Waals surface area contributed by atoms with Crippen LogP contribution >= 0.6 is 0 Å². The molecule has 20 heavy (non-hydrogen) atoms. The van der Waals surface area contributed by atoms with Crippen LogP contribution in [-0.4, -0.2) is 0 Å². The molecule has 0 heteroatoms. The van der Waals surface area contributed by atoms with Gasteiger partial charge in [-0.2, -0.15) is 0 Å². The van der Waals surface area contributed by atoms with Crippen molar-refractivity contribution in [2.75, 3.05) is 0 Å². The summed E-state index contributed by atoms with van der Waals surface area (Å²) >= 11 is 0. The molecule has 0 aromatic rings. The fourth-order valence-electron chi connectivity index (χ4n) is 6.33. The van der Waals surface area contributed by atoms with Gasteiger partial charge in [0.15, 0.2) is 0 Å². The topological polar surface area (TPSA) is 0 Å². The summed E-state index contributed by atoms with van der Waals surface area (Å²) in [6, 6.07) is 0. The molecule has 0 bridgehead atoms. The number of hydrogen-bond donors (Lipinski definition) is 0. The summed E-state index contributed by atoms with van der Waals surface area (Å²) in [4.78, 5) is 0. The summed E-state index contributed by atoms with van der Waals surface area (Å²) in [6.45, 7) is 10.4. The van der Waals surface area contributed by atoms with Crippen molar-refractivity contribution in [3.05, 3.63) is 0 Å². The van der Waals surface area contributed by atoms with E-state index in [0.29, 0.717) is 10.8 Å². The summed E-state index contributed by atoms with van der Waals surface area (Å²) < 4.78 is 0. The van der Waals surface area contributed by atoms with Crippen LogP contribution in [0.1, 0.15) is 91.9 Å². The lowest BCUT2D eigenvalue weighted by Gasteiger charge is -2.44. The molecule has 0 spiro atoms. The molecule has 0 aliphatic heterocycles. The van der Waals surface area contributed by atoms with Gasteiger partial charge in [-0.1, -0.05) is 47.0 Å². The largest absolute Gasteiger partial charge is 0.0622 e. The first-order valence-corrected chi connectivity index (χ1v) is 9.46. The Hall–Kier alpha value is 0. The predicted octanol–water partition coefficient (Wildman–Crippen LogP) is 6.45. The van der Waals surface area contributed by atoms with E-state index < -0.39 is 0 Å². The van der Waals surface area contributed by atoms with Crippen LogP contribution in [0.25, 0.3) is 0 Å². The van der Waals surface area contributed by atoms with E-state index in [2.05, 4.69) is 27.7 Å². The minimum absolute atomic E-state index is 0.648. The molecule has 3 saturated carbocycles. The van der Waals surface area contributed by atoms with Gasteiger partial charge in [-0.25, -0.2) is 0 Å². The average Bonchev–Trinajstić information content (AvgIpc) is 2.73. The highest BCUT2D eigenvalue weighted by molar-refractivity contribution is 4.99. The van der Waals surface area contributed by atoms with Crippen molar-refractivity contribution in [2.24, 2.45) is 34.5 Å². The van der Waals surface area contributed by atoms with Gasteiger partial charge in [0.25, 0.3) is 0 Å². The Morgan fingerprint density at radius 1 is 0.750 bits per heavy atom. The summed E-state index contributed by atoms with van der Waals surface area (Å²) in [5, 5.41) is 0. The van der Waals surface area contributed by atoms with Gasteiger partial charge in [-0.05, 0) is 79.4 Å². The van der Waals surface area contributed by atoms with Gasteiger partial charge >= 0.3 is 0 Å². The monoisotopic (exact) mass is 276 g/mol. The second-order valence-corrected chi connectivity index (χ2v) is 9.24. The van der Waals surface area contributed by atoms with E-state index in [1.54, 1.807) is 0 Å². The summed E-state index contributed by atoms with van der Waals surface area (Å²) in [7, 11) is 0. The number of rotatable bonds is 0. The normalized spacial score (nSPS) is 53.4. The Morgan fingerprint density at radius 2 is 1.55 bits per heavy atom. The minimum atomic E-state index is 0.648. The molecular formula is C20H36. The standard InChI is InChI=1S/C20H36/c1-15-8-10-17-7-5-6-12-19(17,3)13-14-20(4)16(2)9-11-18(15)20/h15-18H,5-14H2,1-4H3. The SMILES string of the molecule is CC1CCC2CCCCC2(C)CCC2(C)C(C)CCC12. The lowest BCUT2D eigenvalue weighted by Crippen LogP contribution is -2.34. The smallest absolute Gasteiger partial charge is 0.0269 e. The maximum absolute atomic E-state index is 2.65.